The van der Waals surface area contributed by atoms with Gasteiger partial charge in [-0.25, -0.2) is 0 Å². The van der Waals surface area contributed by atoms with Crippen LogP contribution in [0.15, 0.2) is 11.8 Å². The van der Waals surface area contributed by atoms with Crippen LogP contribution < -0.4 is 0 Å². The van der Waals surface area contributed by atoms with Gasteiger partial charge in [-0.05, 0) is 33.1 Å². The van der Waals surface area contributed by atoms with Crippen molar-refractivity contribution in [2.45, 2.75) is 58.4 Å². The maximum atomic E-state index is 5.75. The summed E-state index contributed by atoms with van der Waals surface area (Å²) in [6.07, 6.45) is 3.28. The molecule has 0 saturated heterocycles. The highest BCUT2D eigenvalue weighted by atomic mass is 28.3. The number of methoxy groups -OCH3 is 1. The number of allylic oxidation sites excluding steroid dienone is 1. The first kappa shape index (κ1) is 18.8. The summed E-state index contributed by atoms with van der Waals surface area (Å²) >= 11 is 0. The highest BCUT2D eigenvalue weighted by molar-refractivity contribution is 6.82. The minimum absolute atomic E-state index is 0.132. The molecule has 0 unspecified atom stereocenters. The fourth-order valence-electron chi connectivity index (χ4n) is 1.58. The van der Waals surface area contributed by atoms with Gasteiger partial charge in [-0.3, -0.25) is 0 Å². The van der Waals surface area contributed by atoms with Crippen LogP contribution in [-0.4, -0.2) is 40.8 Å². The molecule has 0 fully saturated rings. The molecule has 0 aliphatic carbocycles. The summed E-state index contributed by atoms with van der Waals surface area (Å²) in [4.78, 5) is 0. The summed E-state index contributed by atoms with van der Waals surface area (Å²) < 4.78 is 16.0. The Balaban J connectivity index is 3.76. The van der Waals surface area contributed by atoms with Gasteiger partial charge in [0, 0.05) is 7.11 Å². The zero-order valence-electron chi connectivity index (χ0n) is 13.7. The summed E-state index contributed by atoms with van der Waals surface area (Å²) in [7, 11) is 0.495. The van der Waals surface area contributed by atoms with Crippen LogP contribution >= 0.6 is 0 Å². The normalized spacial score (nSPS) is 12.7. The molecule has 0 aliphatic rings. The Morgan fingerprint density at radius 3 is 2.32 bits per heavy atom. The van der Waals surface area contributed by atoms with Gasteiger partial charge in [0.15, 0.2) is 0 Å². The molecule has 3 nitrogen and oxygen atoms in total. The van der Waals surface area contributed by atoms with E-state index in [0.717, 1.165) is 19.3 Å². The van der Waals surface area contributed by atoms with Crippen LogP contribution in [0.25, 0.3) is 0 Å². The Bertz CT molecular complexity index is 257. The fraction of sp³-hybridized carbons (Fsp3) is 0.867. The molecule has 4 heteroatoms. The van der Waals surface area contributed by atoms with Crippen molar-refractivity contribution >= 4 is 8.07 Å². The Morgan fingerprint density at radius 1 is 1.16 bits per heavy atom. The molecule has 0 rings (SSSR count). The molecule has 0 spiro atoms. The lowest BCUT2D eigenvalue weighted by Gasteiger charge is -2.26. The first-order valence-corrected chi connectivity index (χ1v) is 10.6. The van der Waals surface area contributed by atoms with Crippen molar-refractivity contribution in [3.63, 3.8) is 0 Å². The Morgan fingerprint density at radius 2 is 1.79 bits per heavy atom. The quantitative estimate of drug-likeness (QED) is 0.327. The van der Waals surface area contributed by atoms with Gasteiger partial charge in [0.05, 0.1) is 26.9 Å². The predicted octanol–water partition coefficient (Wildman–Crippen LogP) is 4.01. The van der Waals surface area contributed by atoms with Gasteiger partial charge in [-0.15, -0.1) is 6.58 Å². The smallest absolute Gasteiger partial charge is 0.147 e. The van der Waals surface area contributed by atoms with E-state index in [1.165, 1.54) is 5.20 Å². The zero-order chi connectivity index (χ0) is 14.9. The van der Waals surface area contributed by atoms with E-state index >= 15 is 0 Å². The lowest BCUT2D eigenvalue weighted by Crippen LogP contribution is -2.27. The number of hydrogen-bond donors (Lipinski definition) is 0. The first-order valence-electron chi connectivity index (χ1n) is 7.08. The van der Waals surface area contributed by atoms with Gasteiger partial charge in [0.25, 0.3) is 0 Å². The molecule has 0 amide bonds. The van der Waals surface area contributed by atoms with Gasteiger partial charge in [0.1, 0.15) is 6.79 Å². The van der Waals surface area contributed by atoms with Crippen LogP contribution in [0, 0.1) is 0 Å². The molecule has 0 aliphatic heterocycles. The van der Waals surface area contributed by atoms with Crippen LogP contribution in [0.1, 0.15) is 33.1 Å². The van der Waals surface area contributed by atoms with Gasteiger partial charge >= 0.3 is 0 Å². The van der Waals surface area contributed by atoms with E-state index in [4.69, 9.17) is 14.2 Å². The second kappa shape index (κ2) is 8.90. The third kappa shape index (κ3) is 10.3. The Hall–Kier alpha value is -0.163. The van der Waals surface area contributed by atoms with E-state index in [2.05, 4.69) is 40.1 Å². The van der Waals surface area contributed by atoms with Crippen LogP contribution in [-0.2, 0) is 14.2 Å². The SMILES string of the molecule is C=C(CCCC(C)(C)OCOCCOC)[Si](C)(C)C. The second-order valence-corrected chi connectivity index (χ2v) is 11.8. The number of ether oxygens (including phenoxy) is 3. The van der Waals surface area contributed by atoms with Crippen molar-refractivity contribution in [3.05, 3.63) is 11.8 Å². The molecule has 0 N–H and O–H groups in total. The van der Waals surface area contributed by atoms with Crippen LogP contribution in [0.2, 0.25) is 19.6 Å². The molecule has 0 saturated carbocycles. The molecule has 0 heterocycles. The Kier molecular flexibility index (Phi) is 8.82. The van der Waals surface area contributed by atoms with E-state index in [9.17, 15) is 0 Å². The molecular formula is C15H32O3Si. The summed E-state index contributed by atoms with van der Waals surface area (Å²) in [6.45, 7) is 17.0. The highest BCUT2D eigenvalue weighted by Crippen LogP contribution is 2.23. The zero-order valence-corrected chi connectivity index (χ0v) is 14.7. The van der Waals surface area contributed by atoms with Crippen molar-refractivity contribution in [1.29, 1.82) is 0 Å². The lowest BCUT2D eigenvalue weighted by molar-refractivity contribution is -0.135. The van der Waals surface area contributed by atoms with Crippen molar-refractivity contribution in [1.82, 2.24) is 0 Å². The van der Waals surface area contributed by atoms with Crippen molar-refractivity contribution in [2.75, 3.05) is 27.1 Å². The fourth-order valence-corrected chi connectivity index (χ4v) is 2.50. The van der Waals surface area contributed by atoms with Crippen LogP contribution in [0.3, 0.4) is 0 Å². The maximum Gasteiger partial charge on any atom is 0.147 e. The van der Waals surface area contributed by atoms with Crippen molar-refractivity contribution < 1.29 is 14.2 Å². The highest BCUT2D eigenvalue weighted by Gasteiger charge is 2.21. The van der Waals surface area contributed by atoms with Gasteiger partial charge < -0.3 is 14.2 Å². The molecule has 114 valence electrons. The summed E-state index contributed by atoms with van der Waals surface area (Å²) in [5, 5.41) is 1.44. The maximum absolute atomic E-state index is 5.75. The van der Waals surface area contributed by atoms with Gasteiger partial charge in [-0.2, -0.15) is 0 Å². The third-order valence-electron chi connectivity index (χ3n) is 3.28. The molecule has 0 aromatic carbocycles. The lowest BCUT2D eigenvalue weighted by atomic mass is 10.0. The van der Waals surface area contributed by atoms with Gasteiger partial charge in [0.2, 0.25) is 0 Å². The average Bonchev–Trinajstić information content (AvgIpc) is 2.27. The van der Waals surface area contributed by atoms with Crippen molar-refractivity contribution in [3.8, 4) is 0 Å². The molecule has 0 radical (unpaired) electrons. The van der Waals surface area contributed by atoms with E-state index in [1.807, 2.05) is 0 Å². The Labute approximate surface area is 120 Å². The van der Waals surface area contributed by atoms with Crippen molar-refractivity contribution in [2.24, 2.45) is 0 Å². The standard InChI is InChI=1S/C15H32O3Si/c1-14(19(5,6)7)9-8-10-15(2,3)18-13-17-12-11-16-4/h1,8-13H2,2-7H3. The number of hydrogen-bond acceptors (Lipinski definition) is 3. The minimum Gasteiger partial charge on any atom is -0.382 e. The first-order chi connectivity index (χ1) is 8.69. The molecule has 0 aromatic rings. The topological polar surface area (TPSA) is 27.7 Å². The van der Waals surface area contributed by atoms with Gasteiger partial charge in [-0.1, -0.05) is 24.8 Å². The molecule has 0 atom stereocenters. The largest absolute Gasteiger partial charge is 0.382 e. The third-order valence-corrected chi connectivity index (χ3v) is 5.65. The molecule has 0 bridgehead atoms. The summed E-state index contributed by atoms with van der Waals surface area (Å²) in [5.41, 5.74) is -0.132. The minimum atomic E-state index is -1.17. The predicted molar refractivity (Wildman–Crippen MR) is 84.2 cm³/mol. The van der Waals surface area contributed by atoms with Crippen LogP contribution in [0.5, 0.6) is 0 Å². The molecule has 19 heavy (non-hydrogen) atoms. The molecule has 0 aromatic heterocycles. The average molecular weight is 289 g/mol. The summed E-state index contributed by atoms with van der Waals surface area (Å²) in [5.74, 6) is 0. The second-order valence-electron chi connectivity index (χ2n) is 6.63. The van der Waals surface area contributed by atoms with E-state index in [0.29, 0.717) is 20.0 Å². The van der Waals surface area contributed by atoms with Crippen LogP contribution in [0.4, 0.5) is 0 Å². The van der Waals surface area contributed by atoms with E-state index < -0.39 is 8.07 Å². The molecular weight excluding hydrogens is 256 g/mol. The van der Waals surface area contributed by atoms with E-state index in [-0.39, 0.29) is 5.60 Å². The monoisotopic (exact) mass is 288 g/mol. The number of rotatable bonds is 11. The van der Waals surface area contributed by atoms with E-state index in [1.54, 1.807) is 7.11 Å². The summed E-state index contributed by atoms with van der Waals surface area (Å²) in [6, 6.07) is 0.